The minimum Gasteiger partial charge on any atom is -0.340 e. The number of nitrogens with one attached hydrogen (secondary N) is 1. The number of hydrogen-bond acceptors (Lipinski definition) is 2. The van der Waals surface area contributed by atoms with Gasteiger partial charge in [-0.2, -0.15) is 0 Å². The van der Waals surface area contributed by atoms with Gasteiger partial charge in [0, 0.05) is 19.0 Å². The molecule has 0 aromatic carbocycles. The molecular formula is C17H34N2O. The molecule has 0 aromatic rings. The van der Waals surface area contributed by atoms with Crippen LogP contribution >= 0.6 is 0 Å². The van der Waals surface area contributed by atoms with Gasteiger partial charge in [0.05, 0.1) is 0 Å². The predicted octanol–water partition coefficient (Wildman–Crippen LogP) is 3.44. The van der Waals surface area contributed by atoms with Crippen LogP contribution in [0.4, 0.5) is 0 Å². The van der Waals surface area contributed by atoms with Gasteiger partial charge in [0.25, 0.3) is 0 Å². The molecule has 1 fully saturated rings. The molecule has 118 valence electrons. The SMILES string of the molecule is CCCCCN(C(=O)CC(C)C1CCNCC1)C(C)C. The molecule has 20 heavy (non-hydrogen) atoms. The molecule has 1 amide bonds. The van der Waals surface area contributed by atoms with Crippen LogP contribution in [0, 0.1) is 11.8 Å². The molecule has 1 heterocycles. The monoisotopic (exact) mass is 282 g/mol. The van der Waals surface area contributed by atoms with Gasteiger partial charge in [0.1, 0.15) is 0 Å². The quantitative estimate of drug-likeness (QED) is 0.692. The van der Waals surface area contributed by atoms with E-state index in [2.05, 4.69) is 37.9 Å². The molecule has 0 bridgehead atoms. The zero-order valence-corrected chi connectivity index (χ0v) is 14.0. The third kappa shape index (κ3) is 5.82. The highest BCUT2D eigenvalue weighted by molar-refractivity contribution is 5.76. The Morgan fingerprint density at radius 1 is 1.20 bits per heavy atom. The Kier molecular flexibility index (Phi) is 8.20. The van der Waals surface area contributed by atoms with Gasteiger partial charge in [-0.15, -0.1) is 0 Å². The molecular weight excluding hydrogens is 248 g/mol. The summed E-state index contributed by atoms with van der Waals surface area (Å²) in [6.07, 6.45) is 6.76. The van der Waals surface area contributed by atoms with Crippen LogP contribution in [0.2, 0.25) is 0 Å². The maximum Gasteiger partial charge on any atom is 0.223 e. The minimum absolute atomic E-state index is 0.333. The number of carbonyl (C=O) groups is 1. The normalized spacial score (nSPS) is 18.2. The van der Waals surface area contributed by atoms with Crippen LogP contribution in [0.5, 0.6) is 0 Å². The largest absolute Gasteiger partial charge is 0.340 e. The highest BCUT2D eigenvalue weighted by Crippen LogP contribution is 2.25. The summed E-state index contributed by atoms with van der Waals surface area (Å²) in [5.41, 5.74) is 0. The molecule has 0 saturated carbocycles. The van der Waals surface area contributed by atoms with Gasteiger partial charge >= 0.3 is 0 Å². The van der Waals surface area contributed by atoms with Crippen LogP contribution in [-0.2, 0) is 4.79 Å². The third-order valence-corrected chi connectivity index (χ3v) is 4.63. The smallest absolute Gasteiger partial charge is 0.223 e. The number of hydrogen-bond donors (Lipinski definition) is 1. The lowest BCUT2D eigenvalue weighted by molar-refractivity contribution is -0.134. The van der Waals surface area contributed by atoms with Crippen molar-refractivity contribution in [2.24, 2.45) is 11.8 Å². The molecule has 1 atom stereocenters. The summed E-state index contributed by atoms with van der Waals surface area (Å²) in [6, 6.07) is 0.333. The summed E-state index contributed by atoms with van der Waals surface area (Å²) in [5.74, 6) is 1.61. The first-order valence-electron chi connectivity index (χ1n) is 8.56. The average molecular weight is 282 g/mol. The topological polar surface area (TPSA) is 32.3 Å². The molecule has 1 saturated heterocycles. The maximum atomic E-state index is 12.5. The second-order valence-electron chi connectivity index (χ2n) is 6.66. The summed E-state index contributed by atoms with van der Waals surface area (Å²) < 4.78 is 0. The fourth-order valence-electron chi connectivity index (χ4n) is 3.18. The van der Waals surface area contributed by atoms with Gasteiger partial charge in [-0.3, -0.25) is 4.79 Å². The highest BCUT2D eigenvalue weighted by Gasteiger charge is 2.25. The van der Waals surface area contributed by atoms with Gasteiger partial charge in [0.15, 0.2) is 0 Å². The second kappa shape index (κ2) is 9.38. The minimum atomic E-state index is 0.333. The maximum absolute atomic E-state index is 12.5. The molecule has 0 radical (unpaired) electrons. The predicted molar refractivity (Wildman–Crippen MR) is 85.7 cm³/mol. The zero-order chi connectivity index (χ0) is 15.0. The number of amides is 1. The standard InChI is InChI=1S/C17H34N2O/c1-5-6-7-12-19(14(2)3)17(20)13-15(4)16-8-10-18-11-9-16/h14-16,18H,5-13H2,1-4H3. The van der Waals surface area contributed by atoms with E-state index in [4.69, 9.17) is 0 Å². The Labute approximate surface area is 125 Å². The number of carbonyl (C=O) groups excluding carboxylic acids is 1. The van der Waals surface area contributed by atoms with Crippen molar-refractivity contribution in [1.82, 2.24) is 10.2 Å². The summed E-state index contributed by atoms with van der Waals surface area (Å²) >= 11 is 0. The molecule has 3 nitrogen and oxygen atoms in total. The number of nitrogens with zero attached hydrogens (tertiary/aromatic N) is 1. The van der Waals surface area contributed by atoms with Gasteiger partial charge in [-0.05, 0) is 58.0 Å². The fourth-order valence-corrected chi connectivity index (χ4v) is 3.18. The summed E-state index contributed by atoms with van der Waals surface area (Å²) in [6.45, 7) is 11.9. The first-order valence-corrected chi connectivity index (χ1v) is 8.56. The first kappa shape index (κ1) is 17.5. The summed E-state index contributed by atoms with van der Waals surface area (Å²) in [7, 11) is 0. The third-order valence-electron chi connectivity index (χ3n) is 4.63. The van der Waals surface area contributed by atoms with Crippen molar-refractivity contribution >= 4 is 5.91 Å². The van der Waals surface area contributed by atoms with E-state index in [9.17, 15) is 4.79 Å². The van der Waals surface area contributed by atoms with Crippen molar-refractivity contribution < 1.29 is 4.79 Å². The lowest BCUT2D eigenvalue weighted by Crippen LogP contribution is -2.40. The fraction of sp³-hybridized carbons (Fsp3) is 0.941. The lowest BCUT2D eigenvalue weighted by atomic mass is 9.84. The van der Waals surface area contributed by atoms with E-state index < -0.39 is 0 Å². The van der Waals surface area contributed by atoms with Crippen molar-refractivity contribution in [2.45, 2.75) is 72.3 Å². The molecule has 0 spiro atoms. The second-order valence-corrected chi connectivity index (χ2v) is 6.66. The van der Waals surface area contributed by atoms with Crippen molar-refractivity contribution in [1.29, 1.82) is 0 Å². The van der Waals surface area contributed by atoms with Crippen LogP contribution in [0.3, 0.4) is 0 Å². The number of unbranched alkanes of at least 4 members (excludes halogenated alkanes) is 2. The van der Waals surface area contributed by atoms with E-state index in [1.165, 1.54) is 25.7 Å². The van der Waals surface area contributed by atoms with Gasteiger partial charge < -0.3 is 10.2 Å². The highest BCUT2D eigenvalue weighted by atomic mass is 16.2. The van der Waals surface area contributed by atoms with Crippen LogP contribution in [0.1, 0.15) is 66.2 Å². The van der Waals surface area contributed by atoms with E-state index in [0.717, 1.165) is 38.4 Å². The zero-order valence-electron chi connectivity index (χ0n) is 14.0. The molecule has 1 N–H and O–H groups in total. The van der Waals surface area contributed by atoms with Crippen molar-refractivity contribution in [3.8, 4) is 0 Å². The van der Waals surface area contributed by atoms with E-state index in [1.54, 1.807) is 0 Å². The average Bonchev–Trinajstić information content (AvgIpc) is 2.44. The Balaban J connectivity index is 2.43. The Hall–Kier alpha value is -0.570. The van der Waals surface area contributed by atoms with Crippen LogP contribution in [0.15, 0.2) is 0 Å². The molecule has 1 aliphatic heterocycles. The van der Waals surface area contributed by atoms with E-state index in [1.807, 2.05) is 0 Å². The molecule has 1 unspecified atom stereocenters. The van der Waals surface area contributed by atoms with E-state index in [0.29, 0.717) is 17.9 Å². The molecule has 3 heteroatoms. The van der Waals surface area contributed by atoms with E-state index in [-0.39, 0.29) is 0 Å². The Bertz CT molecular complexity index is 272. The Morgan fingerprint density at radius 3 is 2.40 bits per heavy atom. The van der Waals surface area contributed by atoms with Crippen molar-refractivity contribution in [2.75, 3.05) is 19.6 Å². The van der Waals surface area contributed by atoms with E-state index >= 15 is 0 Å². The number of rotatable bonds is 8. The van der Waals surface area contributed by atoms with Crippen LogP contribution in [-0.4, -0.2) is 36.5 Å². The van der Waals surface area contributed by atoms with Gasteiger partial charge in [0.2, 0.25) is 5.91 Å². The van der Waals surface area contributed by atoms with Crippen LogP contribution in [0.25, 0.3) is 0 Å². The van der Waals surface area contributed by atoms with Crippen LogP contribution < -0.4 is 5.32 Å². The lowest BCUT2D eigenvalue weighted by Gasteiger charge is -2.32. The molecule has 1 rings (SSSR count). The summed E-state index contributed by atoms with van der Waals surface area (Å²) in [5, 5.41) is 3.40. The molecule has 1 aliphatic rings. The first-order chi connectivity index (χ1) is 9.56. The van der Waals surface area contributed by atoms with Gasteiger partial charge in [-0.1, -0.05) is 26.7 Å². The number of piperidine rings is 1. The molecule has 0 aliphatic carbocycles. The van der Waals surface area contributed by atoms with Crippen molar-refractivity contribution in [3.05, 3.63) is 0 Å². The molecule has 0 aromatic heterocycles. The van der Waals surface area contributed by atoms with Crippen molar-refractivity contribution in [3.63, 3.8) is 0 Å². The summed E-state index contributed by atoms with van der Waals surface area (Å²) in [4.78, 5) is 14.6. The Morgan fingerprint density at radius 2 is 1.85 bits per heavy atom. The van der Waals surface area contributed by atoms with Gasteiger partial charge in [-0.25, -0.2) is 0 Å².